The van der Waals surface area contributed by atoms with Crippen LogP contribution >= 0.6 is 0 Å². The lowest BCUT2D eigenvalue weighted by Crippen LogP contribution is -2.39. The summed E-state index contributed by atoms with van der Waals surface area (Å²) in [4.78, 5) is 4.67. The van der Waals surface area contributed by atoms with E-state index in [-0.39, 0.29) is 5.54 Å². The molecule has 19 heavy (non-hydrogen) atoms. The normalized spacial score (nSPS) is 25.1. The van der Waals surface area contributed by atoms with Crippen molar-refractivity contribution in [2.24, 2.45) is 5.73 Å². The van der Waals surface area contributed by atoms with Crippen LogP contribution in [0.5, 0.6) is 0 Å². The highest BCUT2D eigenvalue weighted by atomic mass is 16.5. The van der Waals surface area contributed by atoms with Gasteiger partial charge in [0.25, 0.3) is 0 Å². The summed E-state index contributed by atoms with van der Waals surface area (Å²) < 4.78 is 5.54. The molecule has 0 aliphatic heterocycles. The van der Waals surface area contributed by atoms with E-state index in [1.807, 2.05) is 0 Å². The van der Waals surface area contributed by atoms with Crippen LogP contribution in [-0.2, 0) is 5.54 Å². The second-order valence-corrected chi connectivity index (χ2v) is 6.36. The summed E-state index contributed by atoms with van der Waals surface area (Å²) >= 11 is 0. The van der Waals surface area contributed by atoms with Crippen molar-refractivity contribution in [2.45, 2.75) is 82.1 Å². The fourth-order valence-electron chi connectivity index (χ4n) is 3.54. The lowest BCUT2D eigenvalue weighted by Gasteiger charge is -2.29. The molecule has 0 aromatic carbocycles. The number of nitrogens with zero attached hydrogens (tertiary/aromatic N) is 2. The SMILES string of the molecule is NC1(c2noc(C3CCCCCC3)n2)CCCCC1. The zero-order valence-electron chi connectivity index (χ0n) is 11.7. The van der Waals surface area contributed by atoms with Crippen LogP contribution in [0.25, 0.3) is 0 Å². The van der Waals surface area contributed by atoms with E-state index in [0.717, 1.165) is 24.6 Å². The lowest BCUT2D eigenvalue weighted by molar-refractivity contribution is 0.271. The van der Waals surface area contributed by atoms with Crippen molar-refractivity contribution in [1.82, 2.24) is 10.1 Å². The van der Waals surface area contributed by atoms with Gasteiger partial charge in [-0.05, 0) is 25.7 Å². The van der Waals surface area contributed by atoms with Gasteiger partial charge in [-0.3, -0.25) is 0 Å². The molecular formula is C15H25N3O. The Balaban J connectivity index is 1.74. The summed E-state index contributed by atoms with van der Waals surface area (Å²) in [5.74, 6) is 2.06. The maximum atomic E-state index is 6.47. The predicted molar refractivity (Wildman–Crippen MR) is 73.7 cm³/mol. The smallest absolute Gasteiger partial charge is 0.229 e. The summed E-state index contributed by atoms with van der Waals surface area (Å²) in [6.07, 6.45) is 13.3. The van der Waals surface area contributed by atoms with E-state index in [1.54, 1.807) is 0 Å². The molecule has 2 saturated carbocycles. The summed E-state index contributed by atoms with van der Waals surface area (Å²) in [5.41, 5.74) is 6.14. The molecule has 1 aromatic heterocycles. The fourth-order valence-corrected chi connectivity index (χ4v) is 3.54. The van der Waals surface area contributed by atoms with Gasteiger partial charge < -0.3 is 10.3 Å². The molecule has 0 spiro atoms. The molecule has 2 aliphatic rings. The van der Waals surface area contributed by atoms with Crippen molar-refractivity contribution in [3.8, 4) is 0 Å². The minimum absolute atomic E-state index is 0.329. The van der Waals surface area contributed by atoms with E-state index < -0.39 is 0 Å². The Bertz CT molecular complexity index is 401. The maximum Gasteiger partial charge on any atom is 0.229 e. The Hall–Kier alpha value is -0.900. The Morgan fingerprint density at radius 2 is 1.58 bits per heavy atom. The highest BCUT2D eigenvalue weighted by Gasteiger charge is 2.35. The van der Waals surface area contributed by atoms with E-state index in [9.17, 15) is 0 Å². The molecule has 1 heterocycles. The van der Waals surface area contributed by atoms with E-state index in [4.69, 9.17) is 10.3 Å². The highest BCUT2D eigenvalue weighted by Crippen LogP contribution is 2.35. The van der Waals surface area contributed by atoms with E-state index in [0.29, 0.717) is 5.92 Å². The number of nitrogens with two attached hydrogens (primary N) is 1. The number of hydrogen-bond acceptors (Lipinski definition) is 4. The number of aromatic nitrogens is 2. The standard InChI is InChI=1S/C15H25N3O/c16-15(10-6-3-7-11-15)14-17-13(19-18-14)12-8-4-1-2-5-9-12/h12H,1-11,16H2. The summed E-state index contributed by atoms with van der Waals surface area (Å²) in [5, 5.41) is 4.21. The largest absolute Gasteiger partial charge is 0.339 e. The molecule has 1 aromatic rings. The van der Waals surface area contributed by atoms with Gasteiger partial charge in [-0.15, -0.1) is 0 Å². The Kier molecular flexibility index (Phi) is 3.87. The Labute approximate surface area is 115 Å². The van der Waals surface area contributed by atoms with Gasteiger partial charge in [-0.1, -0.05) is 50.1 Å². The molecule has 0 atom stereocenters. The molecular weight excluding hydrogens is 238 g/mol. The van der Waals surface area contributed by atoms with Crippen LogP contribution in [0.3, 0.4) is 0 Å². The van der Waals surface area contributed by atoms with Crippen LogP contribution in [0.2, 0.25) is 0 Å². The zero-order valence-corrected chi connectivity index (χ0v) is 11.7. The molecule has 0 unspecified atom stereocenters. The summed E-state index contributed by atoms with van der Waals surface area (Å²) in [6.45, 7) is 0. The first kappa shape index (κ1) is 13.1. The van der Waals surface area contributed by atoms with Gasteiger partial charge in [0, 0.05) is 5.92 Å². The third-order valence-electron chi connectivity index (χ3n) is 4.84. The van der Waals surface area contributed by atoms with E-state index in [1.165, 1.54) is 57.8 Å². The van der Waals surface area contributed by atoms with Crippen molar-refractivity contribution in [2.75, 3.05) is 0 Å². The predicted octanol–water partition coefficient (Wildman–Crippen LogP) is 3.63. The van der Waals surface area contributed by atoms with Gasteiger partial charge >= 0.3 is 0 Å². The van der Waals surface area contributed by atoms with Crippen LogP contribution in [0.15, 0.2) is 4.52 Å². The zero-order chi connectivity index (χ0) is 13.1. The third-order valence-corrected chi connectivity index (χ3v) is 4.84. The Morgan fingerprint density at radius 1 is 0.947 bits per heavy atom. The number of rotatable bonds is 2. The molecule has 4 nitrogen and oxygen atoms in total. The van der Waals surface area contributed by atoms with Gasteiger partial charge in [0.05, 0.1) is 5.54 Å². The van der Waals surface area contributed by atoms with Crippen LogP contribution in [0, 0.1) is 0 Å². The highest BCUT2D eigenvalue weighted by molar-refractivity contribution is 5.07. The average molecular weight is 263 g/mol. The van der Waals surface area contributed by atoms with Crippen LogP contribution in [-0.4, -0.2) is 10.1 Å². The summed E-state index contributed by atoms with van der Waals surface area (Å²) in [7, 11) is 0. The molecule has 0 bridgehead atoms. The maximum absolute atomic E-state index is 6.47. The minimum atomic E-state index is -0.329. The first-order valence-corrected chi connectivity index (χ1v) is 7.91. The first-order chi connectivity index (χ1) is 9.28. The summed E-state index contributed by atoms with van der Waals surface area (Å²) in [6, 6.07) is 0. The third kappa shape index (κ3) is 2.83. The van der Waals surface area contributed by atoms with Crippen molar-refractivity contribution in [1.29, 1.82) is 0 Å². The van der Waals surface area contributed by atoms with Crippen LogP contribution in [0.4, 0.5) is 0 Å². The van der Waals surface area contributed by atoms with Gasteiger partial charge in [0.15, 0.2) is 5.82 Å². The number of hydrogen-bond donors (Lipinski definition) is 1. The lowest BCUT2D eigenvalue weighted by atomic mass is 9.82. The quantitative estimate of drug-likeness (QED) is 0.827. The van der Waals surface area contributed by atoms with E-state index >= 15 is 0 Å². The molecule has 0 amide bonds. The Morgan fingerprint density at radius 3 is 2.26 bits per heavy atom. The molecule has 2 fully saturated rings. The van der Waals surface area contributed by atoms with Crippen LogP contribution < -0.4 is 5.73 Å². The molecule has 0 radical (unpaired) electrons. The average Bonchev–Trinajstić information content (AvgIpc) is 2.77. The first-order valence-electron chi connectivity index (χ1n) is 7.91. The molecule has 0 saturated heterocycles. The van der Waals surface area contributed by atoms with Crippen molar-refractivity contribution in [3.05, 3.63) is 11.7 Å². The molecule has 2 aliphatic carbocycles. The molecule has 2 N–H and O–H groups in total. The minimum Gasteiger partial charge on any atom is -0.339 e. The van der Waals surface area contributed by atoms with Gasteiger partial charge in [0.1, 0.15) is 0 Å². The monoisotopic (exact) mass is 263 g/mol. The molecule has 4 heteroatoms. The van der Waals surface area contributed by atoms with Crippen LogP contribution in [0.1, 0.15) is 88.3 Å². The molecule has 106 valence electrons. The van der Waals surface area contributed by atoms with Gasteiger partial charge in [-0.25, -0.2) is 0 Å². The topological polar surface area (TPSA) is 64.9 Å². The second-order valence-electron chi connectivity index (χ2n) is 6.36. The van der Waals surface area contributed by atoms with Crippen molar-refractivity contribution >= 4 is 0 Å². The second kappa shape index (κ2) is 5.61. The van der Waals surface area contributed by atoms with Crippen molar-refractivity contribution < 1.29 is 4.52 Å². The van der Waals surface area contributed by atoms with E-state index in [2.05, 4.69) is 10.1 Å². The van der Waals surface area contributed by atoms with Crippen molar-refractivity contribution in [3.63, 3.8) is 0 Å². The van der Waals surface area contributed by atoms with Gasteiger partial charge in [-0.2, -0.15) is 4.98 Å². The van der Waals surface area contributed by atoms with Gasteiger partial charge in [0.2, 0.25) is 5.89 Å². The fraction of sp³-hybridized carbons (Fsp3) is 0.867. The molecule has 3 rings (SSSR count).